The topological polar surface area (TPSA) is 65.5 Å². The van der Waals surface area contributed by atoms with E-state index in [1.165, 1.54) is 5.56 Å². The van der Waals surface area contributed by atoms with Crippen LogP contribution in [0.3, 0.4) is 0 Å². The molecule has 0 radical (unpaired) electrons. The average molecular weight is 365 g/mol. The fraction of sp³-hybridized carbons (Fsp3) is 0.154. The molecule has 0 aliphatic carbocycles. The molecule has 4 nitrogen and oxygen atoms in total. The van der Waals surface area contributed by atoms with E-state index in [9.17, 15) is 0 Å². The minimum absolute atomic E-state index is 0. The van der Waals surface area contributed by atoms with Gasteiger partial charge in [-0.1, -0.05) is 0 Å². The Balaban J connectivity index is 0. The molecule has 0 aliphatic rings. The van der Waals surface area contributed by atoms with Gasteiger partial charge in [0.05, 0.1) is 0 Å². The van der Waals surface area contributed by atoms with Crippen molar-refractivity contribution in [1.29, 1.82) is 0 Å². The molecule has 0 atom stereocenters. The summed E-state index contributed by atoms with van der Waals surface area (Å²) in [4.78, 5) is 7.76. The second-order valence-electron chi connectivity index (χ2n) is 3.65. The standard InChI is InChI=1S/C7H9N3S.C6H7NS.2ClH/c8-7(11)10-5-6-1-3-9-4-2-6;8-5-6-1-3-7-4-2-6;;/h1-4H,5H2,(H3,8,10,11);1-4,8H,5H2;2*1H. The van der Waals surface area contributed by atoms with E-state index in [4.69, 9.17) is 12.2 Å². The van der Waals surface area contributed by atoms with Gasteiger partial charge in [0.15, 0.2) is 0 Å². The van der Waals surface area contributed by atoms with Gasteiger partial charge in [-0.3, -0.25) is 9.97 Å². The van der Waals surface area contributed by atoms with Crippen LogP contribution in [0, 0.1) is 0 Å². The fourth-order valence-electron chi connectivity index (χ4n) is 1.19. The van der Waals surface area contributed by atoms with Crippen LogP contribution < -0.4 is 23.5 Å². The monoisotopic (exact) mass is 364 g/mol. The second-order valence-corrected chi connectivity index (χ2v) is 4.45. The molecule has 2 aromatic heterocycles. The summed E-state index contributed by atoms with van der Waals surface area (Å²) in [6.45, 7) is 0.727. The molecule has 0 spiro atoms. The Morgan fingerprint density at radius 2 is 1.48 bits per heavy atom. The lowest BCUT2D eigenvalue weighted by atomic mass is 10.3. The Bertz CT molecular complexity index is 486. The van der Waals surface area contributed by atoms with Crippen molar-refractivity contribution in [3.8, 4) is 0 Å². The van der Waals surface area contributed by atoms with Gasteiger partial charge in [0.1, 0.15) is 0 Å². The number of nitrogens with one attached hydrogen (secondary N) is 1. The molecule has 2 rings (SSSR count). The number of pyridine rings is 2. The predicted octanol–water partition coefficient (Wildman–Crippen LogP) is -1.36. The number of nitrogens with zero attached hydrogens (tertiary/aromatic N) is 2. The summed E-state index contributed by atoms with van der Waals surface area (Å²) < 4.78 is 0. The highest BCUT2D eigenvalue weighted by Gasteiger charge is 1.92. The SMILES string of the molecule is Cl.SCc1ccncc1.[Cl-].[NH3+]C(=S)NCc1ccncc1. The molecule has 4 N–H and O–H groups in total. The Morgan fingerprint density at radius 1 is 1.05 bits per heavy atom. The quantitative estimate of drug-likeness (QED) is 0.464. The maximum Gasteiger partial charge on any atom is 0.265 e. The maximum absolute atomic E-state index is 4.76. The number of thiocarbonyl (C=S) groups is 1. The lowest BCUT2D eigenvalue weighted by Gasteiger charge is -1.99. The van der Waals surface area contributed by atoms with E-state index < -0.39 is 0 Å². The van der Waals surface area contributed by atoms with Crippen LogP contribution in [0.1, 0.15) is 11.1 Å². The second kappa shape index (κ2) is 14.0. The van der Waals surface area contributed by atoms with Crippen molar-refractivity contribution in [3.63, 3.8) is 0 Å². The zero-order valence-electron chi connectivity index (χ0n) is 11.3. The Kier molecular flexibility index (Phi) is 14.9. The number of hydrogen-bond acceptors (Lipinski definition) is 4. The van der Waals surface area contributed by atoms with Crippen LogP contribution in [0.25, 0.3) is 0 Å². The zero-order chi connectivity index (χ0) is 13.9. The summed E-state index contributed by atoms with van der Waals surface area (Å²) in [7, 11) is 0. The van der Waals surface area contributed by atoms with Crippen LogP contribution >= 0.6 is 37.3 Å². The third-order valence-electron chi connectivity index (χ3n) is 2.17. The molecule has 0 bridgehead atoms. The third kappa shape index (κ3) is 11.4. The summed E-state index contributed by atoms with van der Waals surface area (Å²) in [5.41, 5.74) is 5.93. The van der Waals surface area contributed by atoms with Crippen molar-refractivity contribution < 1.29 is 18.1 Å². The molecule has 2 heterocycles. The fourth-order valence-corrected chi connectivity index (χ4v) is 1.47. The number of rotatable bonds is 3. The van der Waals surface area contributed by atoms with Gasteiger partial charge < -0.3 is 23.5 Å². The van der Waals surface area contributed by atoms with Gasteiger partial charge in [-0.15, -0.1) is 12.4 Å². The molecule has 0 aliphatic heterocycles. The minimum atomic E-state index is 0. The predicted molar refractivity (Wildman–Crippen MR) is 90.7 cm³/mol. The summed E-state index contributed by atoms with van der Waals surface area (Å²) in [6.07, 6.45) is 7.05. The highest BCUT2D eigenvalue weighted by atomic mass is 35.5. The van der Waals surface area contributed by atoms with Crippen molar-refractivity contribution in [2.45, 2.75) is 12.3 Å². The van der Waals surface area contributed by atoms with Gasteiger partial charge in [-0.05, 0) is 35.4 Å². The maximum atomic E-state index is 4.76. The van der Waals surface area contributed by atoms with Crippen molar-refractivity contribution in [2.24, 2.45) is 0 Å². The van der Waals surface area contributed by atoms with Crippen LogP contribution in [0.5, 0.6) is 0 Å². The molecule has 0 saturated carbocycles. The van der Waals surface area contributed by atoms with Gasteiger partial charge in [-0.2, -0.15) is 12.6 Å². The van der Waals surface area contributed by atoms with Crippen molar-refractivity contribution in [1.82, 2.24) is 15.3 Å². The van der Waals surface area contributed by atoms with Crippen LogP contribution in [-0.2, 0) is 12.3 Å². The summed E-state index contributed by atoms with van der Waals surface area (Å²) in [5.74, 6) is 0.794. The number of hydrogen-bond donors (Lipinski definition) is 3. The van der Waals surface area contributed by atoms with Crippen molar-refractivity contribution in [2.75, 3.05) is 0 Å². The highest BCUT2D eigenvalue weighted by Crippen LogP contribution is 1.98. The van der Waals surface area contributed by atoms with Crippen LogP contribution in [0.15, 0.2) is 49.1 Å². The van der Waals surface area contributed by atoms with Crippen LogP contribution in [0.2, 0.25) is 0 Å². The molecular weight excluding hydrogens is 347 g/mol. The highest BCUT2D eigenvalue weighted by molar-refractivity contribution is 7.79. The molecule has 0 fully saturated rings. The van der Waals surface area contributed by atoms with E-state index in [2.05, 4.69) is 33.6 Å². The molecule has 8 heteroatoms. The summed E-state index contributed by atoms with van der Waals surface area (Å²) in [5, 5.41) is 3.53. The van der Waals surface area contributed by atoms with Crippen LogP contribution in [-0.4, -0.2) is 15.1 Å². The molecular formula is C13H18Cl2N4S2. The van der Waals surface area contributed by atoms with E-state index in [0.717, 1.165) is 17.9 Å². The minimum Gasteiger partial charge on any atom is -1.00 e. The number of thiol groups is 1. The van der Waals surface area contributed by atoms with Crippen LogP contribution in [0.4, 0.5) is 0 Å². The Hall–Kier alpha value is -0.920. The smallest absolute Gasteiger partial charge is 0.265 e. The Labute approximate surface area is 148 Å². The van der Waals surface area contributed by atoms with Gasteiger partial charge in [0.2, 0.25) is 0 Å². The molecule has 21 heavy (non-hydrogen) atoms. The van der Waals surface area contributed by atoms with Gasteiger partial charge >= 0.3 is 0 Å². The van der Waals surface area contributed by atoms with Gasteiger partial charge in [-0.25, -0.2) is 0 Å². The first-order valence-electron chi connectivity index (χ1n) is 5.71. The van der Waals surface area contributed by atoms with Crippen molar-refractivity contribution in [3.05, 3.63) is 60.2 Å². The lowest BCUT2D eigenvalue weighted by molar-refractivity contribution is -0.215. The molecule has 0 saturated heterocycles. The lowest BCUT2D eigenvalue weighted by Crippen LogP contribution is -3.00. The van der Waals surface area contributed by atoms with E-state index >= 15 is 0 Å². The zero-order valence-corrected chi connectivity index (χ0v) is 14.6. The average Bonchev–Trinajstić information content (AvgIpc) is 2.48. The van der Waals surface area contributed by atoms with Crippen molar-refractivity contribution >= 4 is 42.4 Å². The first-order chi connectivity index (χ1) is 9.22. The summed E-state index contributed by atoms with van der Waals surface area (Å²) in [6, 6.07) is 7.77. The molecule has 0 unspecified atom stereocenters. The van der Waals surface area contributed by atoms with E-state index in [-0.39, 0.29) is 24.8 Å². The first kappa shape index (κ1) is 22.4. The molecule has 0 aromatic carbocycles. The summed E-state index contributed by atoms with van der Waals surface area (Å²) >= 11 is 8.84. The number of aromatic nitrogens is 2. The Morgan fingerprint density at radius 3 is 1.81 bits per heavy atom. The normalized spacial score (nSPS) is 8.29. The largest absolute Gasteiger partial charge is 1.00 e. The molecule has 0 amide bonds. The molecule has 116 valence electrons. The van der Waals surface area contributed by atoms with E-state index in [0.29, 0.717) is 5.11 Å². The number of quaternary nitrogens is 1. The molecule has 2 aromatic rings. The van der Waals surface area contributed by atoms with E-state index in [1.807, 2.05) is 24.3 Å². The first-order valence-corrected chi connectivity index (χ1v) is 6.75. The van der Waals surface area contributed by atoms with Gasteiger partial charge in [0, 0.05) is 49.3 Å². The van der Waals surface area contributed by atoms with E-state index in [1.54, 1.807) is 24.8 Å². The van der Waals surface area contributed by atoms with Gasteiger partial charge in [0.25, 0.3) is 5.11 Å². The third-order valence-corrected chi connectivity index (χ3v) is 2.68. The number of halogens is 2.